The van der Waals surface area contributed by atoms with Crippen LogP contribution >= 0.6 is 31.9 Å². The Bertz CT molecular complexity index is 702. The third-order valence-corrected chi connectivity index (χ3v) is 3.95. The molecule has 0 saturated heterocycles. The molecule has 0 bridgehead atoms. The van der Waals surface area contributed by atoms with E-state index >= 15 is 0 Å². The van der Waals surface area contributed by atoms with Gasteiger partial charge in [-0.2, -0.15) is 0 Å². The number of hydrogen-bond acceptors (Lipinski definition) is 3. The van der Waals surface area contributed by atoms with Crippen LogP contribution in [0.4, 0.5) is 4.79 Å². The zero-order valence-electron chi connectivity index (χ0n) is 12.8. The van der Waals surface area contributed by atoms with E-state index in [1.54, 1.807) is 13.3 Å². The van der Waals surface area contributed by atoms with Gasteiger partial charge in [0.25, 0.3) is 0 Å². The second-order valence-electron chi connectivity index (χ2n) is 5.74. The summed E-state index contributed by atoms with van der Waals surface area (Å²) in [6, 6.07) is 7.47. The minimum atomic E-state index is -0.559. The number of ether oxygens (including phenoxy) is 2. The topological polar surface area (TPSA) is 40.5 Å². The van der Waals surface area contributed by atoms with Crippen LogP contribution in [-0.4, -0.2) is 23.4 Å². The van der Waals surface area contributed by atoms with Gasteiger partial charge in [-0.15, -0.1) is 0 Å². The molecule has 1 aromatic carbocycles. The smallest absolute Gasteiger partial charge is 0.419 e. The lowest BCUT2D eigenvalue weighted by Crippen LogP contribution is -2.27. The summed E-state index contributed by atoms with van der Waals surface area (Å²) < 4.78 is 13.9. The Kier molecular flexibility index (Phi) is 5.02. The molecule has 1 aromatic heterocycles. The molecule has 2 rings (SSSR count). The van der Waals surface area contributed by atoms with Crippen molar-refractivity contribution in [2.45, 2.75) is 26.4 Å². The van der Waals surface area contributed by atoms with E-state index in [0.717, 1.165) is 14.5 Å². The molecule has 0 spiro atoms. The van der Waals surface area contributed by atoms with Crippen LogP contribution in [0.3, 0.4) is 0 Å². The maximum absolute atomic E-state index is 12.4. The Morgan fingerprint density at radius 2 is 1.86 bits per heavy atom. The minimum absolute atomic E-state index is 0.428. The Labute approximate surface area is 146 Å². The highest BCUT2D eigenvalue weighted by molar-refractivity contribution is 9.10. The Morgan fingerprint density at radius 3 is 2.45 bits per heavy atom. The molecule has 0 fully saturated rings. The molecular formula is C16H17Br2NO3. The second-order valence-corrected chi connectivity index (χ2v) is 7.51. The summed E-state index contributed by atoms with van der Waals surface area (Å²) >= 11 is 6.93. The van der Waals surface area contributed by atoms with Crippen molar-refractivity contribution in [3.8, 4) is 17.0 Å². The molecule has 0 aliphatic carbocycles. The van der Waals surface area contributed by atoms with Crippen LogP contribution in [0.5, 0.6) is 5.75 Å². The molecule has 4 nitrogen and oxygen atoms in total. The number of hydrogen-bond donors (Lipinski definition) is 0. The lowest BCUT2D eigenvalue weighted by atomic mass is 10.1. The predicted octanol–water partition coefficient (Wildman–Crippen LogP) is 5.47. The number of benzene rings is 1. The Hall–Kier alpha value is -1.27. The lowest BCUT2D eigenvalue weighted by molar-refractivity contribution is 0.0540. The maximum Gasteiger partial charge on any atom is 0.419 e. The first-order chi connectivity index (χ1) is 10.2. The van der Waals surface area contributed by atoms with Crippen molar-refractivity contribution in [2.24, 2.45) is 0 Å². The van der Waals surface area contributed by atoms with Gasteiger partial charge in [0.2, 0.25) is 0 Å². The highest BCUT2D eigenvalue weighted by Gasteiger charge is 2.22. The van der Waals surface area contributed by atoms with Crippen LogP contribution in [0, 0.1) is 0 Å². The molecule has 0 N–H and O–H groups in total. The fraction of sp³-hybridized carbons (Fsp3) is 0.312. The van der Waals surface area contributed by atoms with Crippen molar-refractivity contribution < 1.29 is 14.3 Å². The number of halogens is 2. The van der Waals surface area contributed by atoms with Crippen molar-refractivity contribution in [1.29, 1.82) is 0 Å². The zero-order valence-corrected chi connectivity index (χ0v) is 16.0. The van der Waals surface area contributed by atoms with Crippen molar-refractivity contribution in [1.82, 2.24) is 4.57 Å². The van der Waals surface area contributed by atoms with Crippen LogP contribution < -0.4 is 4.74 Å². The van der Waals surface area contributed by atoms with E-state index in [1.165, 1.54) is 4.57 Å². The molecule has 0 unspecified atom stereocenters. The van der Waals surface area contributed by atoms with E-state index in [2.05, 4.69) is 31.9 Å². The number of carbonyl (C=O) groups is 1. The summed E-state index contributed by atoms with van der Waals surface area (Å²) in [5.41, 5.74) is 0.999. The third kappa shape index (κ3) is 3.93. The fourth-order valence-corrected chi connectivity index (χ4v) is 2.80. The molecule has 0 aliphatic rings. The second kappa shape index (κ2) is 6.46. The highest BCUT2D eigenvalue weighted by atomic mass is 79.9. The average molecular weight is 431 g/mol. The van der Waals surface area contributed by atoms with Gasteiger partial charge in [-0.25, -0.2) is 4.79 Å². The van der Waals surface area contributed by atoms with Gasteiger partial charge in [0, 0.05) is 20.7 Å². The Balaban J connectivity index is 2.51. The van der Waals surface area contributed by atoms with Crippen LogP contribution in [0.1, 0.15) is 20.8 Å². The van der Waals surface area contributed by atoms with E-state index in [4.69, 9.17) is 9.47 Å². The van der Waals surface area contributed by atoms with Crippen molar-refractivity contribution in [2.75, 3.05) is 7.11 Å². The molecule has 1 heterocycles. The van der Waals surface area contributed by atoms with Gasteiger partial charge >= 0.3 is 6.09 Å². The summed E-state index contributed by atoms with van der Waals surface area (Å²) in [6.45, 7) is 5.51. The molecule has 0 saturated carbocycles. The molecule has 2 aromatic rings. The van der Waals surface area contributed by atoms with Crippen LogP contribution in [0.15, 0.2) is 39.4 Å². The van der Waals surface area contributed by atoms with E-state index in [-0.39, 0.29) is 0 Å². The minimum Gasteiger partial charge on any atom is -0.497 e. The van der Waals surface area contributed by atoms with Gasteiger partial charge in [-0.05, 0) is 61.0 Å². The van der Waals surface area contributed by atoms with E-state index in [1.807, 2.05) is 45.0 Å². The molecule has 22 heavy (non-hydrogen) atoms. The van der Waals surface area contributed by atoms with Gasteiger partial charge in [-0.1, -0.05) is 15.9 Å². The summed E-state index contributed by atoms with van der Waals surface area (Å²) in [7, 11) is 1.61. The SMILES string of the molecule is COc1ccc(Br)c(-c2cc(Br)cn2C(=O)OC(C)(C)C)c1. The van der Waals surface area contributed by atoms with Gasteiger partial charge in [0.1, 0.15) is 11.4 Å². The van der Waals surface area contributed by atoms with E-state index in [9.17, 15) is 4.79 Å². The van der Waals surface area contributed by atoms with E-state index in [0.29, 0.717) is 11.4 Å². The first-order valence-corrected chi connectivity index (χ1v) is 8.25. The van der Waals surface area contributed by atoms with Crippen molar-refractivity contribution in [3.63, 3.8) is 0 Å². The van der Waals surface area contributed by atoms with Crippen LogP contribution in [0.2, 0.25) is 0 Å². The molecule has 6 heteroatoms. The fourth-order valence-electron chi connectivity index (χ4n) is 1.93. The number of rotatable bonds is 2. The van der Waals surface area contributed by atoms with Crippen LogP contribution in [-0.2, 0) is 4.74 Å². The molecule has 0 amide bonds. The van der Waals surface area contributed by atoms with Gasteiger partial charge in [0.15, 0.2) is 0 Å². The summed E-state index contributed by atoms with van der Waals surface area (Å²) in [5.74, 6) is 0.714. The first-order valence-electron chi connectivity index (χ1n) is 6.66. The van der Waals surface area contributed by atoms with Gasteiger partial charge < -0.3 is 9.47 Å². The molecular weight excluding hydrogens is 414 g/mol. The zero-order chi connectivity index (χ0) is 16.5. The maximum atomic E-state index is 12.4. The lowest BCUT2D eigenvalue weighted by Gasteiger charge is -2.20. The van der Waals surface area contributed by atoms with Crippen LogP contribution in [0.25, 0.3) is 11.3 Å². The van der Waals surface area contributed by atoms with Crippen molar-refractivity contribution >= 4 is 38.0 Å². The number of methoxy groups -OCH3 is 1. The molecule has 0 atom stereocenters. The average Bonchev–Trinajstić information content (AvgIpc) is 2.79. The van der Waals surface area contributed by atoms with E-state index < -0.39 is 11.7 Å². The van der Waals surface area contributed by atoms with Gasteiger partial charge in [0.05, 0.1) is 12.8 Å². The summed E-state index contributed by atoms with van der Waals surface area (Å²) in [4.78, 5) is 12.4. The monoisotopic (exact) mass is 429 g/mol. The highest BCUT2D eigenvalue weighted by Crippen LogP contribution is 2.34. The number of aromatic nitrogens is 1. The van der Waals surface area contributed by atoms with Crippen molar-refractivity contribution in [3.05, 3.63) is 39.4 Å². The molecule has 118 valence electrons. The number of carbonyl (C=O) groups excluding carboxylic acids is 1. The summed E-state index contributed by atoms with van der Waals surface area (Å²) in [5, 5.41) is 0. The van der Waals surface area contributed by atoms with Gasteiger partial charge in [-0.3, -0.25) is 4.57 Å². The standard InChI is InChI=1S/C16H17Br2NO3/c1-16(2,3)22-15(20)19-9-10(17)7-14(19)12-8-11(21-4)5-6-13(12)18/h5-9H,1-4H3. The Morgan fingerprint density at radius 1 is 1.18 bits per heavy atom. The molecule has 0 radical (unpaired) electrons. The number of nitrogens with zero attached hydrogens (tertiary/aromatic N) is 1. The first kappa shape index (κ1) is 17.1. The predicted molar refractivity (Wildman–Crippen MR) is 93.5 cm³/mol. The third-order valence-electron chi connectivity index (χ3n) is 2.83. The normalized spacial score (nSPS) is 11.4. The summed E-state index contributed by atoms with van der Waals surface area (Å²) in [6.07, 6.45) is 1.26. The quantitative estimate of drug-likeness (QED) is 0.633. The molecule has 0 aliphatic heterocycles. The largest absolute Gasteiger partial charge is 0.497 e.